The molecule has 7 heteroatoms. The molecule has 0 radical (unpaired) electrons. The van der Waals surface area contributed by atoms with Crippen molar-refractivity contribution in [1.29, 1.82) is 5.26 Å². The summed E-state index contributed by atoms with van der Waals surface area (Å²) in [5.41, 5.74) is 1.94. The van der Waals surface area contributed by atoms with Crippen LogP contribution in [0.4, 0.5) is 5.69 Å². The van der Waals surface area contributed by atoms with Gasteiger partial charge in [0, 0.05) is 24.2 Å². The van der Waals surface area contributed by atoms with E-state index in [-0.39, 0.29) is 16.6 Å². The summed E-state index contributed by atoms with van der Waals surface area (Å²) in [5.74, 6) is 0.936. The molecule has 1 N–H and O–H groups in total. The molecule has 6 nitrogen and oxygen atoms in total. The molecule has 2 heterocycles. The van der Waals surface area contributed by atoms with Gasteiger partial charge in [0.25, 0.3) is 0 Å². The third-order valence-corrected chi connectivity index (χ3v) is 7.67. The van der Waals surface area contributed by atoms with E-state index in [4.69, 9.17) is 4.74 Å². The topological polar surface area (TPSA) is 77.7 Å². The number of ether oxygens (including phenoxy) is 1. The largest absolute Gasteiger partial charge is 0.492 e. The summed E-state index contributed by atoms with van der Waals surface area (Å²) in [7, 11) is 1.77. The Morgan fingerprint density at radius 1 is 1.23 bits per heavy atom. The van der Waals surface area contributed by atoms with Gasteiger partial charge in [0.2, 0.25) is 5.91 Å². The normalized spacial score (nSPS) is 18.6. The van der Waals surface area contributed by atoms with Crippen molar-refractivity contribution >= 4 is 22.3 Å². The van der Waals surface area contributed by atoms with Crippen molar-refractivity contribution in [2.24, 2.45) is 4.36 Å². The van der Waals surface area contributed by atoms with Gasteiger partial charge in [0.1, 0.15) is 12.4 Å². The highest BCUT2D eigenvalue weighted by Gasteiger charge is 2.48. The van der Waals surface area contributed by atoms with Crippen LogP contribution >= 0.6 is 0 Å². The first kappa shape index (κ1) is 20.6. The van der Waals surface area contributed by atoms with E-state index in [1.165, 1.54) is 4.90 Å². The summed E-state index contributed by atoms with van der Waals surface area (Å²) in [6.45, 7) is 3.11. The number of amides is 1. The van der Waals surface area contributed by atoms with Gasteiger partial charge in [-0.1, -0.05) is 10.7 Å². The molecule has 2 aliphatic heterocycles. The molecule has 1 fully saturated rings. The highest BCUT2D eigenvalue weighted by Crippen LogP contribution is 2.45. The quantitative estimate of drug-likeness (QED) is 0.802. The summed E-state index contributed by atoms with van der Waals surface area (Å²) in [6, 6.07) is 15.8. The molecule has 2 aromatic rings. The van der Waals surface area contributed by atoms with Crippen LogP contribution in [0.25, 0.3) is 0 Å². The van der Waals surface area contributed by atoms with Crippen molar-refractivity contribution in [2.75, 3.05) is 44.9 Å². The van der Waals surface area contributed by atoms with Crippen LogP contribution in [0.5, 0.6) is 5.75 Å². The van der Waals surface area contributed by atoms with E-state index in [2.05, 4.69) is 39.0 Å². The molecule has 4 rings (SSSR count). The molecule has 2 aromatic carbocycles. The van der Waals surface area contributed by atoms with Gasteiger partial charge < -0.3 is 10.1 Å². The van der Waals surface area contributed by atoms with Crippen LogP contribution in [0.2, 0.25) is 0 Å². The number of fused-ring (bicyclic) bond motifs is 2. The van der Waals surface area contributed by atoms with Gasteiger partial charge in [-0.2, -0.15) is 5.26 Å². The number of benzene rings is 2. The number of likely N-dealkylation sites (tertiary alicyclic amines) is 1. The molecule has 1 amide bonds. The second kappa shape index (κ2) is 8.58. The number of hydrogen-bond donors (Lipinski definition) is 1. The van der Waals surface area contributed by atoms with Crippen molar-refractivity contribution < 1.29 is 9.53 Å². The number of nitrogens with zero attached hydrogens (tertiary/aromatic N) is 3. The third kappa shape index (κ3) is 3.85. The molecular formula is C23H26N4O2S. The second-order valence-electron chi connectivity index (χ2n) is 7.73. The molecule has 2 aliphatic rings. The number of carbonyl (C=O) groups excluding carboxylic acids is 1. The standard InChI is InChI=1S/C23H26N4O2S/c1-25-30(2)19-6-4-18(5-7-19)29-14-13-27-11-9-23(10-12-27)20-15-17(16-24)3-8-21(20)26-22(23)28/h3-8,15H,9-14H2,1-2H3,(H,26,28). The summed E-state index contributed by atoms with van der Waals surface area (Å²) >= 11 is 0. The fourth-order valence-electron chi connectivity index (χ4n) is 4.27. The van der Waals surface area contributed by atoms with Crippen molar-refractivity contribution in [3.8, 4) is 11.8 Å². The maximum atomic E-state index is 12.8. The molecule has 0 aliphatic carbocycles. The SMILES string of the molecule is CN=S(C)c1ccc(OCCN2CCC3(CC2)C(=O)Nc2ccc(C#N)cc23)cc1. The minimum Gasteiger partial charge on any atom is -0.492 e. The van der Waals surface area contributed by atoms with Gasteiger partial charge >= 0.3 is 0 Å². The van der Waals surface area contributed by atoms with Crippen LogP contribution in [0.1, 0.15) is 24.0 Å². The number of nitrogens with one attached hydrogen (secondary N) is 1. The lowest BCUT2D eigenvalue weighted by Crippen LogP contribution is -2.47. The summed E-state index contributed by atoms with van der Waals surface area (Å²) < 4.78 is 10.2. The molecule has 1 spiro atoms. The van der Waals surface area contributed by atoms with E-state index < -0.39 is 5.41 Å². The first-order valence-corrected chi connectivity index (χ1v) is 11.7. The molecule has 1 unspecified atom stereocenters. The smallest absolute Gasteiger partial charge is 0.235 e. The zero-order valence-corrected chi connectivity index (χ0v) is 18.2. The summed E-state index contributed by atoms with van der Waals surface area (Å²) in [4.78, 5) is 16.3. The maximum Gasteiger partial charge on any atom is 0.235 e. The third-order valence-electron chi connectivity index (χ3n) is 6.17. The Labute approximate surface area is 179 Å². The van der Waals surface area contributed by atoms with E-state index in [1.807, 2.05) is 31.3 Å². The van der Waals surface area contributed by atoms with Gasteiger partial charge in [-0.25, -0.2) is 0 Å². The Bertz CT molecular complexity index is 1020. The lowest BCUT2D eigenvalue weighted by atomic mass is 9.73. The number of rotatable bonds is 5. The van der Waals surface area contributed by atoms with E-state index in [9.17, 15) is 10.1 Å². The Morgan fingerprint density at radius 3 is 2.63 bits per heavy atom. The number of piperidine rings is 1. The van der Waals surface area contributed by atoms with Crippen LogP contribution in [-0.2, 0) is 20.9 Å². The minimum atomic E-state index is -0.503. The molecule has 30 heavy (non-hydrogen) atoms. The van der Waals surface area contributed by atoms with Gasteiger partial charge in [0.05, 0.1) is 17.0 Å². The lowest BCUT2D eigenvalue weighted by Gasteiger charge is -2.37. The predicted octanol–water partition coefficient (Wildman–Crippen LogP) is 3.34. The molecule has 1 saturated heterocycles. The van der Waals surface area contributed by atoms with Crippen LogP contribution in [0.15, 0.2) is 51.7 Å². The van der Waals surface area contributed by atoms with Crippen LogP contribution < -0.4 is 10.1 Å². The monoisotopic (exact) mass is 422 g/mol. The van der Waals surface area contributed by atoms with Crippen LogP contribution in [0, 0.1) is 11.3 Å². The number of anilines is 1. The highest BCUT2D eigenvalue weighted by atomic mass is 32.2. The summed E-state index contributed by atoms with van der Waals surface area (Å²) in [5, 5.41) is 12.2. The minimum absolute atomic E-state index is 0.0670. The maximum absolute atomic E-state index is 12.8. The van der Waals surface area contributed by atoms with E-state index in [1.54, 1.807) is 6.07 Å². The van der Waals surface area contributed by atoms with Crippen molar-refractivity contribution in [3.63, 3.8) is 0 Å². The fraction of sp³-hybridized carbons (Fsp3) is 0.391. The van der Waals surface area contributed by atoms with Crippen molar-refractivity contribution in [1.82, 2.24) is 4.90 Å². The Kier molecular flexibility index (Phi) is 5.89. The fourth-order valence-corrected chi connectivity index (χ4v) is 5.01. The predicted molar refractivity (Wildman–Crippen MR) is 119 cm³/mol. The average Bonchev–Trinajstić information content (AvgIpc) is 3.05. The highest BCUT2D eigenvalue weighted by molar-refractivity contribution is 7.86. The molecule has 1 atom stereocenters. The Hall–Kier alpha value is -2.69. The number of nitriles is 1. The first-order valence-electron chi connectivity index (χ1n) is 10.1. The van der Waals surface area contributed by atoms with Crippen molar-refractivity contribution in [3.05, 3.63) is 53.6 Å². The average molecular weight is 423 g/mol. The first-order chi connectivity index (χ1) is 14.6. The van der Waals surface area contributed by atoms with Crippen LogP contribution in [-0.4, -0.2) is 50.4 Å². The zero-order valence-electron chi connectivity index (χ0n) is 17.4. The Morgan fingerprint density at radius 2 is 1.97 bits per heavy atom. The molecule has 0 aromatic heterocycles. The van der Waals surface area contributed by atoms with Crippen molar-refractivity contribution in [2.45, 2.75) is 23.2 Å². The van der Waals surface area contributed by atoms with Gasteiger partial charge in [-0.05, 0) is 80.2 Å². The number of hydrogen-bond acceptors (Lipinski definition) is 5. The summed E-state index contributed by atoms with van der Waals surface area (Å²) in [6.07, 6.45) is 3.62. The van der Waals surface area contributed by atoms with E-state index in [0.29, 0.717) is 12.2 Å². The van der Waals surface area contributed by atoms with Gasteiger partial charge in [-0.15, -0.1) is 0 Å². The molecule has 0 saturated carbocycles. The van der Waals surface area contributed by atoms with Gasteiger partial charge in [-0.3, -0.25) is 14.1 Å². The molecular weight excluding hydrogens is 396 g/mol. The van der Waals surface area contributed by atoms with Crippen LogP contribution in [0.3, 0.4) is 0 Å². The molecule has 156 valence electrons. The number of carbonyl (C=O) groups is 1. The Balaban J connectivity index is 1.33. The second-order valence-corrected chi connectivity index (χ2v) is 9.52. The molecule has 0 bridgehead atoms. The zero-order chi connectivity index (χ0) is 21.1. The van der Waals surface area contributed by atoms with E-state index >= 15 is 0 Å². The lowest BCUT2D eigenvalue weighted by molar-refractivity contribution is -0.122. The van der Waals surface area contributed by atoms with Gasteiger partial charge in [0.15, 0.2) is 0 Å². The van der Waals surface area contributed by atoms with E-state index in [0.717, 1.165) is 49.5 Å².